The average Bonchev–Trinajstić information content (AvgIpc) is 2.47. The highest BCUT2D eigenvalue weighted by Gasteiger charge is 2.33. The van der Waals surface area contributed by atoms with E-state index in [1.54, 1.807) is 0 Å². The number of aryl methyl sites for hydroxylation is 1. The van der Waals surface area contributed by atoms with Crippen LogP contribution in [0, 0.1) is 12.8 Å². The van der Waals surface area contributed by atoms with Crippen LogP contribution in [-0.2, 0) is 0 Å². The molecule has 1 heterocycles. The average molecular weight is 272 g/mol. The number of nitrogens with two attached hydrogens (primary N) is 1. The molecule has 0 amide bonds. The molecule has 0 spiro atoms. The summed E-state index contributed by atoms with van der Waals surface area (Å²) in [6.45, 7) is 4.43. The van der Waals surface area contributed by atoms with Gasteiger partial charge in [-0.2, -0.15) is 0 Å². The summed E-state index contributed by atoms with van der Waals surface area (Å²) < 4.78 is 0. The van der Waals surface area contributed by atoms with Gasteiger partial charge in [-0.05, 0) is 50.6 Å². The first-order valence-electron chi connectivity index (χ1n) is 8.30. The first-order chi connectivity index (χ1) is 9.74. The molecule has 3 rings (SSSR count). The standard InChI is InChI=1S/C18H28N2/c1-14-6-4-8-16(12-14)17(19)13-20-11-5-9-15-7-2-3-10-18(15)20/h4,6,8,12,15,17-18H,2-3,5,7,9-11,13,19H2,1H3/t15-,17?,18-/m1/s1. The zero-order valence-electron chi connectivity index (χ0n) is 12.7. The molecule has 110 valence electrons. The van der Waals surface area contributed by atoms with Gasteiger partial charge in [-0.25, -0.2) is 0 Å². The molecule has 0 aromatic heterocycles. The highest BCUT2D eigenvalue weighted by Crippen LogP contribution is 2.35. The summed E-state index contributed by atoms with van der Waals surface area (Å²) in [6, 6.07) is 9.68. The minimum atomic E-state index is 0.163. The number of piperidine rings is 1. The SMILES string of the molecule is Cc1cccc(C(N)CN2CCC[C@H]3CCCC[C@H]32)c1. The second-order valence-electron chi connectivity index (χ2n) is 6.77. The summed E-state index contributed by atoms with van der Waals surface area (Å²) in [5, 5.41) is 0. The zero-order valence-corrected chi connectivity index (χ0v) is 12.7. The summed E-state index contributed by atoms with van der Waals surface area (Å²) in [4.78, 5) is 2.69. The van der Waals surface area contributed by atoms with Crippen LogP contribution >= 0.6 is 0 Å². The van der Waals surface area contributed by atoms with Crippen molar-refractivity contribution in [3.05, 3.63) is 35.4 Å². The number of hydrogen-bond acceptors (Lipinski definition) is 2. The van der Waals surface area contributed by atoms with Crippen molar-refractivity contribution < 1.29 is 0 Å². The summed E-state index contributed by atoms with van der Waals surface area (Å²) >= 11 is 0. The molecule has 2 aliphatic rings. The number of benzene rings is 1. The van der Waals surface area contributed by atoms with Crippen LogP contribution in [0.3, 0.4) is 0 Å². The van der Waals surface area contributed by atoms with Gasteiger partial charge in [0.2, 0.25) is 0 Å². The number of fused-ring (bicyclic) bond motifs is 1. The maximum absolute atomic E-state index is 6.47. The van der Waals surface area contributed by atoms with E-state index in [4.69, 9.17) is 5.73 Å². The van der Waals surface area contributed by atoms with Crippen molar-refractivity contribution in [2.24, 2.45) is 11.7 Å². The Balaban J connectivity index is 1.66. The van der Waals surface area contributed by atoms with Crippen molar-refractivity contribution in [2.45, 2.75) is 57.5 Å². The third-order valence-electron chi connectivity index (χ3n) is 5.26. The van der Waals surface area contributed by atoms with Crippen LogP contribution in [0.25, 0.3) is 0 Å². The van der Waals surface area contributed by atoms with Crippen LogP contribution in [0.1, 0.15) is 55.7 Å². The lowest BCUT2D eigenvalue weighted by molar-refractivity contribution is 0.0561. The van der Waals surface area contributed by atoms with Gasteiger partial charge < -0.3 is 5.73 Å². The molecule has 2 N–H and O–H groups in total. The van der Waals surface area contributed by atoms with E-state index >= 15 is 0 Å². The van der Waals surface area contributed by atoms with Crippen molar-refractivity contribution in [2.75, 3.05) is 13.1 Å². The van der Waals surface area contributed by atoms with Crippen molar-refractivity contribution in [3.63, 3.8) is 0 Å². The monoisotopic (exact) mass is 272 g/mol. The first-order valence-corrected chi connectivity index (χ1v) is 8.30. The molecule has 1 saturated carbocycles. The molecular weight excluding hydrogens is 244 g/mol. The third kappa shape index (κ3) is 3.07. The molecule has 2 heteroatoms. The molecule has 1 aromatic rings. The van der Waals surface area contributed by atoms with Crippen LogP contribution in [0.2, 0.25) is 0 Å². The molecule has 2 fully saturated rings. The molecule has 0 radical (unpaired) electrons. The van der Waals surface area contributed by atoms with E-state index < -0.39 is 0 Å². The first kappa shape index (κ1) is 14.1. The molecule has 0 bridgehead atoms. The quantitative estimate of drug-likeness (QED) is 0.910. The predicted octanol–water partition coefficient (Wildman–Crippen LogP) is 3.65. The summed E-state index contributed by atoms with van der Waals surface area (Å²) in [5.41, 5.74) is 9.08. The van der Waals surface area contributed by atoms with E-state index in [2.05, 4.69) is 36.1 Å². The lowest BCUT2D eigenvalue weighted by atomic mass is 9.78. The van der Waals surface area contributed by atoms with Crippen LogP contribution in [0.15, 0.2) is 24.3 Å². The van der Waals surface area contributed by atoms with Crippen LogP contribution in [-0.4, -0.2) is 24.0 Å². The molecule has 3 atom stereocenters. The second-order valence-corrected chi connectivity index (χ2v) is 6.77. The summed E-state index contributed by atoms with van der Waals surface area (Å²) in [7, 11) is 0. The molecule has 2 nitrogen and oxygen atoms in total. The molecule has 1 aromatic carbocycles. The zero-order chi connectivity index (χ0) is 13.9. The molecule has 1 aliphatic carbocycles. The Bertz CT molecular complexity index is 441. The van der Waals surface area contributed by atoms with Gasteiger partial charge in [0.1, 0.15) is 0 Å². The second kappa shape index (κ2) is 6.28. The van der Waals surface area contributed by atoms with E-state index in [0.29, 0.717) is 0 Å². The fourth-order valence-electron chi connectivity index (χ4n) is 4.21. The Morgan fingerprint density at radius 1 is 1.20 bits per heavy atom. The fourth-order valence-corrected chi connectivity index (χ4v) is 4.21. The number of nitrogens with zero attached hydrogens (tertiary/aromatic N) is 1. The number of hydrogen-bond donors (Lipinski definition) is 1. The maximum atomic E-state index is 6.47. The van der Waals surface area contributed by atoms with E-state index in [-0.39, 0.29) is 6.04 Å². The number of likely N-dealkylation sites (tertiary alicyclic amines) is 1. The third-order valence-corrected chi connectivity index (χ3v) is 5.26. The van der Waals surface area contributed by atoms with Gasteiger partial charge in [0.05, 0.1) is 0 Å². The topological polar surface area (TPSA) is 29.3 Å². The van der Waals surface area contributed by atoms with Gasteiger partial charge in [0, 0.05) is 18.6 Å². The van der Waals surface area contributed by atoms with Gasteiger partial charge in [0.15, 0.2) is 0 Å². The van der Waals surface area contributed by atoms with Crippen molar-refractivity contribution in [1.29, 1.82) is 0 Å². The molecule has 1 unspecified atom stereocenters. The van der Waals surface area contributed by atoms with Crippen LogP contribution < -0.4 is 5.73 Å². The van der Waals surface area contributed by atoms with E-state index in [0.717, 1.165) is 18.5 Å². The normalized spacial score (nSPS) is 28.9. The van der Waals surface area contributed by atoms with E-state index in [1.807, 2.05) is 0 Å². The van der Waals surface area contributed by atoms with Crippen molar-refractivity contribution in [1.82, 2.24) is 4.90 Å². The molecule has 20 heavy (non-hydrogen) atoms. The number of rotatable bonds is 3. The molecule has 1 saturated heterocycles. The largest absolute Gasteiger partial charge is 0.323 e. The minimum absolute atomic E-state index is 0.163. The maximum Gasteiger partial charge on any atom is 0.0424 e. The Kier molecular flexibility index (Phi) is 4.42. The van der Waals surface area contributed by atoms with Gasteiger partial charge >= 0.3 is 0 Å². The van der Waals surface area contributed by atoms with E-state index in [1.165, 1.54) is 56.2 Å². The predicted molar refractivity (Wildman–Crippen MR) is 84.7 cm³/mol. The Labute approximate surface area is 123 Å². The van der Waals surface area contributed by atoms with Crippen molar-refractivity contribution in [3.8, 4) is 0 Å². The smallest absolute Gasteiger partial charge is 0.0424 e. The Morgan fingerprint density at radius 3 is 2.85 bits per heavy atom. The Hall–Kier alpha value is -0.860. The molecule has 1 aliphatic heterocycles. The highest BCUT2D eigenvalue weighted by molar-refractivity contribution is 5.25. The van der Waals surface area contributed by atoms with Gasteiger partial charge in [-0.3, -0.25) is 4.90 Å². The van der Waals surface area contributed by atoms with Crippen LogP contribution in [0.4, 0.5) is 0 Å². The lowest BCUT2D eigenvalue weighted by Crippen LogP contribution is -2.49. The fraction of sp³-hybridized carbons (Fsp3) is 0.667. The lowest BCUT2D eigenvalue weighted by Gasteiger charge is -2.45. The van der Waals surface area contributed by atoms with E-state index in [9.17, 15) is 0 Å². The Morgan fingerprint density at radius 2 is 2.00 bits per heavy atom. The van der Waals surface area contributed by atoms with Gasteiger partial charge in [-0.1, -0.05) is 42.7 Å². The van der Waals surface area contributed by atoms with Crippen LogP contribution in [0.5, 0.6) is 0 Å². The minimum Gasteiger partial charge on any atom is -0.323 e. The van der Waals surface area contributed by atoms with Gasteiger partial charge in [0.25, 0.3) is 0 Å². The van der Waals surface area contributed by atoms with Crippen molar-refractivity contribution >= 4 is 0 Å². The summed E-state index contributed by atoms with van der Waals surface area (Å²) in [6.07, 6.45) is 8.50. The highest BCUT2D eigenvalue weighted by atomic mass is 15.2. The molecular formula is C18H28N2. The van der Waals surface area contributed by atoms with Gasteiger partial charge in [-0.15, -0.1) is 0 Å². The summed E-state index contributed by atoms with van der Waals surface area (Å²) in [5.74, 6) is 0.946.